The lowest BCUT2D eigenvalue weighted by molar-refractivity contribution is 0.503. The molecule has 0 spiro atoms. The zero-order valence-corrected chi connectivity index (χ0v) is 8.83. The van der Waals surface area contributed by atoms with Crippen LogP contribution < -0.4 is 0 Å². The number of alkyl halides is 2. The first-order valence-electron chi connectivity index (χ1n) is 4.66. The molecule has 0 N–H and O–H groups in total. The standard InChI is InChI=1S/C10H14Cl2/c1-7-2-4-8(5-3-7)9-6-10(9,11)12/h4,7,9H,2-3,5-6H2,1H3/t7-,9?/m0/s1. The van der Waals surface area contributed by atoms with Gasteiger partial charge in [-0.15, -0.1) is 23.2 Å². The molecule has 0 aromatic heterocycles. The molecule has 0 aliphatic heterocycles. The van der Waals surface area contributed by atoms with Gasteiger partial charge in [0.1, 0.15) is 4.33 Å². The number of hydrogen-bond acceptors (Lipinski definition) is 0. The van der Waals surface area contributed by atoms with Crippen LogP contribution in [0.3, 0.4) is 0 Å². The molecule has 0 saturated heterocycles. The van der Waals surface area contributed by atoms with Crippen molar-refractivity contribution in [2.24, 2.45) is 11.8 Å². The molecule has 2 aliphatic carbocycles. The van der Waals surface area contributed by atoms with Crippen molar-refractivity contribution in [3.63, 3.8) is 0 Å². The van der Waals surface area contributed by atoms with Crippen molar-refractivity contribution in [3.8, 4) is 0 Å². The number of allylic oxidation sites excluding steroid dienone is 2. The topological polar surface area (TPSA) is 0 Å². The van der Waals surface area contributed by atoms with Gasteiger partial charge in [0, 0.05) is 5.92 Å². The lowest BCUT2D eigenvalue weighted by Crippen LogP contribution is -2.05. The van der Waals surface area contributed by atoms with E-state index in [1.807, 2.05) is 0 Å². The lowest BCUT2D eigenvalue weighted by Gasteiger charge is -2.18. The summed E-state index contributed by atoms with van der Waals surface area (Å²) in [6.45, 7) is 2.30. The summed E-state index contributed by atoms with van der Waals surface area (Å²) in [6, 6.07) is 0. The predicted molar refractivity (Wildman–Crippen MR) is 53.6 cm³/mol. The Bertz CT molecular complexity index is 218. The van der Waals surface area contributed by atoms with Crippen molar-refractivity contribution in [3.05, 3.63) is 11.6 Å². The van der Waals surface area contributed by atoms with Gasteiger partial charge in [-0.1, -0.05) is 18.6 Å². The number of hydrogen-bond donors (Lipinski definition) is 0. The second kappa shape index (κ2) is 2.92. The Balaban J connectivity index is 1.99. The minimum Gasteiger partial charge on any atom is -0.101 e. The van der Waals surface area contributed by atoms with Gasteiger partial charge in [-0.2, -0.15) is 0 Å². The maximum atomic E-state index is 6.00. The minimum atomic E-state index is -0.410. The average Bonchev–Trinajstić information content (AvgIpc) is 2.61. The maximum Gasteiger partial charge on any atom is 0.125 e. The number of rotatable bonds is 1. The first-order valence-corrected chi connectivity index (χ1v) is 5.42. The molecule has 0 heterocycles. The molecule has 1 unspecified atom stereocenters. The summed E-state index contributed by atoms with van der Waals surface area (Å²) in [5.74, 6) is 1.33. The fraction of sp³-hybridized carbons (Fsp3) is 0.800. The van der Waals surface area contributed by atoms with Crippen LogP contribution in [0.25, 0.3) is 0 Å². The van der Waals surface area contributed by atoms with Crippen LogP contribution in [0, 0.1) is 11.8 Å². The quantitative estimate of drug-likeness (QED) is 0.449. The predicted octanol–water partition coefficient (Wildman–Crippen LogP) is 3.93. The summed E-state index contributed by atoms with van der Waals surface area (Å²) in [5, 5.41) is 0. The van der Waals surface area contributed by atoms with Gasteiger partial charge < -0.3 is 0 Å². The zero-order valence-electron chi connectivity index (χ0n) is 7.32. The smallest absolute Gasteiger partial charge is 0.101 e. The van der Waals surface area contributed by atoms with Gasteiger partial charge in [0.05, 0.1) is 0 Å². The van der Waals surface area contributed by atoms with Crippen molar-refractivity contribution in [2.45, 2.75) is 36.9 Å². The van der Waals surface area contributed by atoms with E-state index in [4.69, 9.17) is 23.2 Å². The van der Waals surface area contributed by atoms with Crippen LogP contribution in [0.5, 0.6) is 0 Å². The minimum absolute atomic E-state index is 0.410. The second-order valence-corrected chi connectivity index (χ2v) is 5.72. The Hall–Kier alpha value is 0.320. The highest BCUT2D eigenvalue weighted by Gasteiger charge is 2.53. The first-order chi connectivity index (χ1) is 5.59. The van der Waals surface area contributed by atoms with E-state index in [1.54, 1.807) is 0 Å². The highest BCUT2D eigenvalue weighted by Crippen LogP contribution is 2.58. The average molecular weight is 205 g/mol. The largest absolute Gasteiger partial charge is 0.125 e. The zero-order chi connectivity index (χ0) is 8.77. The highest BCUT2D eigenvalue weighted by atomic mass is 35.5. The molecule has 0 amide bonds. The van der Waals surface area contributed by atoms with Crippen molar-refractivity contribution in [2.75, 3.05) is 0 Å². The highest BCUT2D eigenvalue weighted by molar-refractivity contribution is 6.51. The second-order valence-electron chi connectivity index (χ2n) is 4.18. The summed E-state index contributed by atoms with van der Waals surface area (Å²) in [5.41, 5.74) is 1.51. The molecule has 0 radical (unpaired) electrons. The molecule has 0 aromatic rings. The molecule has 2 heteroatoms. The Kier molecular flexibility index (Phi) is 2.17. The molecule has 2 atom stereocenters. The van der Waals surface area contributed by atoms with Crippen molar-refractivity contribution in [1.29, 1.82) is 0 Å². The molecular formula is C10H14Cl2. The fourth-order valence-electron chi connectivity index (χ4n) is 1.92. The molecule has 1 fully saturated rings. The molecule has 2 aliphatic rings. The van der Waals surface area contributed by atoms with E-state index >= 15 is 0 Å². The lowest BCUT2D eigenvalue weighted by atomic mass is 9.89. The molecule has 0 nitrogen and oxygen atoms in total. The molecule has 12 heavy (non-hydrogen) atoms. The van der Waals surface area contributed by atoms with E-state index in [1.165, 1.54) is 24.8 Å². The monoisotopic (exact) mass is 204 g/mol. The Morgan fingerprint density at radius 2 is 2.17 bits per heavy atom. The summed E-state index contributed by atoms with van der Waals surface area (Å²) in [4.78, 5) is 0. The molecule has 2 rings (SSSR count). The first kappa shape index (κ1) is 8.90. The van der Waals surface area contributed by atoms with Gasteiger partial charge in [-0.25, -0.2) is 0 Å². The van der Waals surface area contributed by atoms with Gasteiger partial charge in [0.2, 0.25) is 0 Å². The SMILES string of the molecule is C[C@H]1CC=C(C2CC2(Cl)Cl)CC1. The van der Waals surface area contributed by atoms with E-state index < -0.39 is 4.33 Å². The number of halogens is 2. The van der Waals surface area contributed by atoms with Crippen LogP contribution in [0.1, 0.15) is 32.6 Å². The third kappa shape index (κ3) is 1.65. The van der Waals surface area contributed by atoms with Crippen molar-refractivity contribution in [1.82, 2.24) is 0 Å². The Morgan fingerprint density at radius 1 is 1.50 bits per heavy atom. The van der Waals surface area contributed by atoms with Gasteiger partial charge in [-0.3, -0.25) is 0 Å². The molecule has 0 aromatic carbocycles. The van der Waals surface area contributed by atoms with E-state index in [0.717, 1.165) is 12.3 Å². The molecular weight excluding hydrogens is 191 g/mol. The van der Waals surface area contributed by atoms with E-state index in [0.29, 0.717) is 5.92 Å². The Labute approximate surface area is 83.9 Å². The van der Waals surface area contributed by atoms with E-state index in [9.17, 15) is 0 Å². The summed E-state index contributed by atoms with van der Waals surface area (Å²) >= 11 is 12.0. The summed E-state index contributed by atoms with van der Waals surface area (Å²) < 4.78 is -0.410. The van der Waals surface area contributed by atoms with Crippen molar-refractivity contribution >= 4 is 23.2 Å². The van der Waals surface area contributed by atoms with Crippen LogP contribution in [-0.4, -0.2) is 4.33 Å². The summed E-state index contributed by atoms with van der Waals surface area (Å²) in [7, 11) is 0. The van der Waals surface area contributed by atoms with E-state index in [-0.39, 0.29) is 0 Å². The van der Waals surface area contributed by atoms with Gasteiger partial charge in [0.15, 0.2) is 0 Å². The third-order valence-corrected chi connectivity index (χ3v) is 3.82. The molecule has 0 bridgehead atoms. The molecule has 68 valence electrons. The van der Waals surface area contributed by atoms with E-state index in [2.05, 4.69) is 13.0 Å². The van der Waals surface area contributed by atoms with Gasteiger partial charge >= 0.3 is 0 Å². The normalized spacial score (nSPS) is 39.1. The van der Waals surface area contributed by atoms with Crippen LogP contribution >= 0.6 is 23.2 Å². The van der Waals surface area contributed by atoms with Crippen LogP contribution in [-0.2, 0) is 0 Å². The third-order valence-electron chi connectivity index (χ3n) is 2.98. The fourth-order valence-corrected chi connectivity index (χ4v) is 2.51. The van der Waals surface area contributed by atoms with Crippen molar-refractivity contribution < 1.29 is 0 Å². The van der Waals surface area contributed by atoms with Crippen LogP contribution in [0.4, 0.5) is 0 Å². The molecule has 1 saturated carbocycles. The Morgan fingerprint density at radius 3 is 2.58 bits per heavy atom. The summed E-state index contributed by atoms with van der Waals surface area (Å²) in [6.07, 6.45) is 7.07. The van der Waals surface area contributed by atoms with Crippen LogP contribution in [0.2, 0.25) is 0 Å². The maximum absolute atomic E-state index is 6.00. The van der Waals surface area contributed by atoms with Gasteiger partial charge in [0.25, 0.3) is 0 Å². The van der Waals surface area contributed by atoms with Gasteiger partial charge in [-0.05, 0) is 31.6 Å². The van der Waals surface area contributed by atoms with Crippen LogP contribution in [0.15, 0.2) is 11.6 Å².